The molecule has 2 aliphatic rings. The van der Waals surface area contributed by atoms with E-state index in [4.69, 9.17) is 18.9 Å². The number of aliphatic hydroxyl groups excluding tert-OH is 8. The predicted octanol–water partition coefficient (Wildman–Crippen LogP) is 7.33. The highest BCUT2D eigenvalue weighted by atomic mass is 16.7. The van der Waals surface area contributed by atoms with Gasteiger partial charge in [0.05, 0.1) is 32.0 Å². The lowest BCUT2D eigenvalue weighted by Crippen LogP contribution is -2.65. The van der Waals surface area contributed by atoms with Gasteiger partial charge in [0, 0.05) is 6.42 Å². The molecule has 0 saturated carbocycles. The van der Waals surface area contributed by atoms with E-state index in [1.165, 1.54) is 141 Å². The molecule has 14 heteroatoms. The molecule has 14 nitrogen and oxygen atoms in total. The second-order valence-corrected chi connectivity index (χ2v) is 19.0. The summed E-state index contributed by atoms with van der Waals surface area (Å²) in [6.45, 7) is 2.76. The van der Waals surface area contributed by atoms with Crippen LogP contribution < -0.4 is 5.32 Å². The van der Waals surface area contributed by atoms with Gasteiger partial charge in [-0.2, -0.15) is 0 Å². The van der Waals surface area contributed by atoms with Crippen LogP contribution in [0.5, 0.6) is 0 Å². The summed E-state index contributed by atoms with van der Waals surface area (Å²) < 4.78 is 22.7. The lowest BCUT2D eigenvalue weighted by molar-refractivity contribution is -0.359. The Kier molecular flexibility index (Phi) is 36.0. The molecule has 2 aliphatic heterocycles. The molecule has 0 radical (unpaired) electrons. The van der Waals surface area contributed by atoms with E-state index < -0.39 is 86.8 Å². The van der Waals surface area contributed by atoms with E-state index in [1.807, 2.05) is 6.08 Å². The van der Waals surface area contributed by atoms with E-state index in [9.17, 15) is 45.6 Å². The molecule has 2 heterocycles. The van der Waals surface area contributed by atoms with Crippen LogP contribution in [0.2, 0.25) is 0 Å². The van der Waals surface area contributed by atoms with Crippen molar-refractivity contribution < 1.29 is 64.6 Å². The summed E-state index contributed by atoms with van der Waals surface area (Å²) in [7, 11) is 0. The summed E-state index contributed by atoms with van der Waals surface area (Å²) in [5.41, 5.74) is 0. The Labute approximate surface area is 398 Å². The van der Waals surface area contributed by atoms with Crippen LogP contribution >= 0.6 is 0 Å². The Morgan fingerprint density at radius 3 is 1.48 bits per heavy atom. The highest BCUT2D eigenvalue weighted by Crippen LogP contribution is 2.30. The first-order valence-corrected chi connectivity index (χ1v) is 26.6. The summed E-state index contributed by atoms with van der Waals surface area (Å²) in [6, 6.07) is -0.925. The summed E-state index contributed by atoms with van der Waals surface area (Å²) in [4.78, 5) is 13.1. The molecule has 0 aromatic rings. The molecule has 12 atom stereocenters. The SMILES string of the molecule is CCCCCCCCCCCCCCCCCC/C=C/CC/C=C/C(O)C(COC1OC(CO)C(OC2OC(CO)C(O)C(O)C2O)C(O)C1O)NC(=O)CCCCCCCCCCCC. The zero-order valence-corrected chi connectivity index (χ0v) is 41.2. The number of aliphatic hydroxyl groups is 8. The van der Waals surface area contributed by atoms with Crippen LogP contribution in [0.15, 0.2) is 24.3 Å². The van der Waals surface area contributed by atoms with Crippen molar-refractivity contribution in [1.82, 2.24) is 5.32 Å². The normalized spacial score (nSPS) is 26.9. The van der Waals surface area contributed by atoms with Crippen molar-refractivity contribution in [2.75, 3.05) is 19.8 Å². The van der Waals surface area contributed by atoms with Crippen LogP contribution in [0.3, 0.4) is 0 Å². The Morgan fingerprint density at radius 1 is 0.530 bits per heavy atom. The average Bonchev–Trinajstić information content (AvgIpc) is 3.31. The zero-order chi connectivity index (χ0) is 48.2. The molecule has 66 heavy (non-hydrogen) atoms. The van der Waals surface area contributed by atoms with E-state index in [1.54, 1.807) is 6.08 Å². The number of hydrogen-bond donors (Lipinski definition) is 9. The van der Waals surface area contributed by atoms with Gasteiger partial charge in [0.25, 0.3) is 0 Å². The summed E-state index contributed by atoms with van der Waals surface area (Å²) in [6.07, 6.45) is 26.6. The fourth-order valence-corrected chi connectivity index (χ4v) is 8.78. The molecule has 1 amide bonds. The highest BCUT2D eigenvalue weighted by Gasteiger charge is 2.51. The van der Waals surface area contributed by atoms with Gasteiger partial charge >= 0.3 is 0 Å². The highest BCUT2D eigenvalue weighted by molar-refractivity contribution is 5.76. The molecule has 0 spiro atoms. The van der Waals surface area contributed by atoms with Gasteiger partial charge in [0.15, 0.2) is 12.6 Å². The van der Waals surface area contributed by atoms with Gasteiger partial charge in [-0.15, -0.1) is 0 Å². The Balaban J connectivity index is 1.81. The maximum absolute atomic E-state index is 13.1. The predicted molar refractivity (Wildman–Crippen MR) is 258 cm³/mol. The van der Waals surface area contributed by atoms with Crippen molar-refractivity contribution >= 4 is 5.91 Å². The molecule has 2 rings (SSSR count). The number of allylic oxidation sites excluding steroid dienone is 3. The first-order valence-electron chi connectivity index (χ1n) is 26.6. The fourth-order valence-electron chi connectivity index (χ4n) is 8.78. The number of unbranched alkanes of at least 4 members (excludes halogenated alkanes) is 26. The number of hydrogen-bond acceptors (Lipinski definition) is 13. The van der Waals surface area contributed by atoms with Crippen molar-refractivity contribution in [2.24, 2.45) is 0 Å². The average molecular weight is 944 g/mol. The van der Waals surface area contributed by atoms with Gasteiger partial charge in [-0.3, -0.25) is 4.79 Å². The van der Waals surface area contributed by atoms with E-state index >= 15 is 0 Å². The Bertz CT molecular complexity index is 1210. The summed E-state index contributed by atoms with van der Waals surface area (Å²) >= 11 is 0. The minimum atomic E-state index is -1.79. The number of ether oxygens (including phenoxy) is 4. The van der Waals surface area contributed by atoms with Crippen LogP contribution in [0.25, 0.3) is 0 Å². The molecular formula is C52H97NO13. The molecule has 0 aromatic carbocycles. The first kappa shape index (κ1) is 60.6. The van der Waals surface area contributed by atoms with E-state index in [0.29, 0.717) is 12.8 Å². The number of carbonyl (C=O) groups is 1. The molecule has 9 N–H and O–H groups in total. The number of rotatable bonds is 41. The third kappa shape index (κ3) is 25.9. The number of amides is 1. The van der Waals surface area contributed by atoms with Gasteiger partial charge in [0.2, 0.25) is 5.91 Å². The quantitative estimate of drug-likeness (QED) is 0.0216. The minimum Gasteiger partial charge on any atom is -0.394 e. The molecular weight excluding hydrogens is 847 g/mol. The lowest BCUT2D eigenvalue weighted by Gasteiger charge is -2.46. The van der Waals surface area contributed by atoms with Crippen LogP contribution in [-0.2, 0) is 23.7 Å². The van der Waals surface area contributed by atoms with Gasteiger partial charge in [-0.05, 0) is 32.1 Å². The van der Waals surface area contributed by atoms with Gasteiger partial charge in [-0.1, -0.05) is 192 Å². The second kappa shape index (κ2) is 39.2. The maximum Gasteiger partial charge on any atom is 0.220 e. The van der Waals surface area contributed by atoms with E-state index in [2.05, 4.69) is 31.3 Å². The third-order valence-electron chi connectivity index (χ3n) is 13.1. The molecule has 388 valence electrons. The fraction of sp³-hybridized carbons (Fsp3) is 0.904. The number of carbonyl (C=O) groups excluding carboxylic acids is 1. The third-order valence-corrected chi connectivity index (χ3v) is 13.1. The standard InChI is InChI=1S/C52H97NO13/c1-3-5-7-9-11-13-15-16-17-18-19-20-21-22-23-24-25-26-27-29-31-33-35-41(56)40(53-44(57)36-34-32-30-28-14-12-10-8-6-4-2)39-63-51-49(62)47(60)50(43(38-55)65-51)66-52-48(61)46(59)45(58)42(37-54)64-52/h26-27,33,35,40-43,45-52,54-56,58-62H,3-25,28-32,34,36-39H2,1-2H3,(H,53,57)/b27-26+,35-33+. The van der Waals surface area contributed by atoms with Crippen molar-refractivity contribution in [3.63, 3.8) is 0 Å². The van der Waals surface area contributed by atoms with E-state index in [-0.39, 0.29) is 18.9 Å². The molecule has 2 saturated heterocycles. The molecule has 0 bridgehead atoms. The van der Waals surface area contributed by atoms with Gasteiger partial charge in [0.1, 0.15) is 48.8 Å². The smallest absolute Gasteiger partial charge is 0.220 e. The van der Waals surface area contributed by atoms with Gasteiger partial charge in [-0.25, -0.2) is 0 Å². The lowest BCUT2D eigenvalue weighted by atomic mass is 9.97. The van der Waals surface area contributed by atoms with Crippen LogP contribution in [0.4, 0.5) is 0 Å². The van der Waals surface area contributed by atoms with E-state index in [0.717, 1.165) is 32.1 Å². The molecule has 0 aromatic heterocycles. The topological polar surface area (TPSA) is 228 Å². The number of nitrogens with one attached hydrogen (secondary N) is 1. The van der Waals surface area contributed by atoms with Crippen molar-refractivity contribution in [3.05, 3.63) is 24.3 Å². The largest absolute Gasteiger partial charge is 0.394 e. The maximum atomic E-state index is 13.1. The first-order chi connectivity index (χ1) is 32.1. The van der Waals surface area contributed by atoms with Crippen LogP contribution in [0, 0.1) is 0 Å². The zero-order valence-electron chi connectivity index (χ0n) is 41.2. The van der Waals surface area contributed by atoms with Crippen LogP contribution in [-0.4, -0.2) is 140 Å². The van der Waals surface area contributed by atoms with Crippen molar-refractivity contribution in [3.8, 4) is 0 Å². The summed E-state index contributed by atoms with van der Waals surface area (Å²) in [5, 5.41) is 86.7. The monoisotopic (exact) mass is 944 g/mol. The minimum absolute atomic E-state index is 0.251. The Morgan fingerprint density at radius 2 is 0.970 bits per heavy atom. The van der Waals surface area contributed by atoms with Gasteiger partial charge < -0.3 is 65.1 Å². The van der Waals surface area contributed by atoms with Crippen molar-refractivity contribution in [1.29, 1.82) is 0 Å². The molecule has 12 unspecified atom stereocenters. The molecule has 0 aliphatic carbocycles. The van der Waals surface area contributed by atoms with Crippen molar-refractivity contribution in [2.45, 2.75) is 280 Å². The summed E-state index contributed by atoms with van der Waals surface area (Å²) in [5.74, 6) is -0.251. The second-order valence-electron chi connectivity index (χ2n) is 19.0. The Hall–Kier alpha value is -1.53. The van der Waals surface area contributed by atoms with Crippen LogP contribution in [0.1, 0.15) is 206 Å². The molecule has 2 fully saturated rings.